The number of methoxy groups -OCH3 is 1. The van der Waals surface area contributed by atoms with Crippen LogP contribution in [0.4, 0.5) is 5.82 Å². The van der Waals surface area contributed by atoms with Gasteiger partial charge in [-0.2, -0.15) is 5.10 Å². The van der Waals surface area contributed by atoms with E-state index in [1.807, 2.05) is 60.7 Å². The van der Waals surface area contributed by atoms with Crippen molar-refractivity contribution in [3.63, 3.8) is 0 Å². The summed E-state index contributed by atoms with van der Waals surface area (Å²) in [4.78, 5) is 26.5. The van der Waals surface area contributed by atoms with Gasteiger partial charge in [-0.05, 0) is 29.8 Å². The molecular formula is C26H32N4O4. The molecule has 0 atom stereocenters. The molecule has 180 valence electrons. The largest absolute Gasteiger partial charge is 0.497 e. The van der Waals surface area contributed by atoms with Gasteiger partial charge in [-0.1, -0.05) is 51.1 Å². The zero-order valence-electron chi connectivity index (χ0n) is 20.4. The van der Waals surface area contributed by atoms with Crippen LogP contribution in [0, 0.1) is 0 Å². The lowest BCUT2D eigenvalue weighted by Crippen LogP contribution is -2.37. The monoisotopic (exact) mass is 464 g/mol. The highest BCUT2D eigenvalue weighted by Crippen LogP contribution is 2.27. The predicted molar refractivity (Wildman–Crippen MR) is 131 cm³/mol. The summed E-state index contributed by atoms with van der Waals surface area (Å²) in [6.45, 7) is 6.30. The summed E-state index contributed by atoms with van der Waals surface area (Å²) in [5.74, 6) is 0.660. The van der Waals surface area contributed by atoms with Gasteiger partial charge in [-0.15, -0.1) is 0 Å². The van der Waals surface area contributed by atoms with E-state index in [4.69, 9.17) is 14.6 Å². The Balaban J connectivity index is 1.64. The molecule has 3 rings (SSSR count). The van der Waals surface area contributed by atoms with E-state index >= 15 is 0 Å². The number of nitrogens with zero attached hydrogens (tertiary/aromatic N) is 3. The van der Waals surface area contributed by atoms with E-state index in [1.54, 1.807) is 18.8 Å². The first-order chi connectivity index (χ1) is 16.2. The zero-order valence-corrected chi connectivity index (χ0v) is 20.4. The van der Waals surface area contributed by atoms with Crippen molar-refractivity contribution in [2.45, 2.75) is 32.8 Å². The molecular weight excluding hydrogens is 432 g/mol. The van der Waals surface area contributed by atoms with Crippen molar-refractivity contribution >= 4 is 17.6 Å². The average Bonchev–Trinajstić information content (AvgIpc) is 3.24. The lowest BCUT2D eigenvalue weighted by molar-refractivity contribution is -0.137. The predicted octanol–water partition coefficient (Wildman–Crippen LogP) is 3.79. The fourth-order valence-corrected chi connectivity index (χ4v) is 3.18. The van der Waals surface area contributed by atoms with Crippen molar-refractivity contribution in [3.05, 3.63) is 71.9 Å². The minimum atomic E-state index is -0.325. The Morgan fingerprint density at radius 1 is 1.06 bits per heavy atom. The Hall–Kier alpha value is -3.65. The summed E-state index contributed by atoms with van der Waals surface area (Å²) in [5, 5.41) is 7.60. The molecule has 0 spiro atoms. The number of anilines is 1. The van der Waals surface area contributed by atoms with Crippen molar-refractivity contribution in [2.75, 3.05) is 32.6 Å². The second-order valence-electron chi connectivity index (χ2n) is 9.05. The zero-order chi connectivity index (χ0) is 24.7. The number of hydrogen-bond acceptors (Lipinski definition) is 5. The van der Waals surface area contributed by atoms with Gasteiger partial charge in [-0.3, -0.25) is 9.59 Å². The summed E-state index contributed by atoms with van der Waals surface area (Å²) in [6.07, 6.45) is 0. The van der Waals surface area contributed by atoms with E-state index in [2.05, 4.69) is 26.1 Å². The van der Waals surface area contributed by atoms with Gasteiger partial charge < -0.3 is 19.7 Å². The molecule has 0 bridgehead atoms. The normalized spacial score (nSPS) is 11.2. The molecule has 1 heterocycles. The Morgan fingerprint density at radius 3 is 2.35 bits per heavy atom. The molecule has 0 saturated heterocycles. The number of carbonyl (C=O) groups excluding carboxylic acids is 2. The molecule has 1 aromatic heterocycles. The minimum absolute atomic E-state index is 0.101. The summed E-state index contributed by atoms with van der Waals surface area (Å²) in [7, 11) is 3.19. The number of ether oxygens (including phenoxy) is 2. The Bertz CT molecular complexity index is 1100. The van der Waals surface area contributed by atoms with Crippen molar-refractivity contribution in [3.8, 4) is 11.4 Å². The molecule has 3 aromatic rings. The Labute approximate surface area is 200 Å². The summed E-state index contributed by atoms with van der Waals surface area (Å²) < 4.78 is 12.4. The summed E-state index contributed by atoms with van der Waals surface area (Å²) >= 11 is 0. The fraction of sp³-hybridized carbons (Fsp3) is 0.346. The van der Waals surface area contributed by atoms with Gasteiger partial charge in [0.1, 0.15) is 18.2 Å². The van der Waals surface area contributed by atoms with Gasteiger partial charge in [0.2, 0.25) is 11.8 Å². The van der Waals surface area contributed by atoms with E-state index in [0.29, 0.717) is 12.4 Å². The standard InChI is InChI=1S/C26H32N4O4/c1-26(2,3)22-15-23(30(28-22)20-11-13-21(33-5)14-12-20)27-24(31)16-29(4)25(32)18-34-17-19-9-7-6-8-10-19/h6-15H,16-18H2,1-5H3,(H,27,31). The van der Waals surface area contributed by atoms with Crippen LogP contribution < -0.4 is 10.1 Å². The van der Waals surface area contributed by atoms with E-state index in [1.165, 1.54) is 4.90 Å². The molecule has 0 aliphatic carbocycles. The number of carbonyl (C=O) groups is 2. The third kappa shape index (κ3) is 6.68. The maximum Gasteiger partial charge on any atom is 0.248 e. The maximum atomic E-state index is 12.8. The topological polar surface area (TPSA) is 85.7 Å². The highest BCUT2D eigenvalue weighted by molar-refractivity contribution is 5.94. The first-order valence-corrected chi connectivity index (χ1v) is 11.1. The SMILES string of the molecule is COc1ccc(-n2nc(C(C)(C)C)cc2NC(=O)CN(C)C(=O)COCc2ccccc2)cc1. The van der Waals surface area contributed by atoms with Gasteiger partial charge in [0, 0.05) is 18.5 Å². The lowest BCUT2D eigenvalue weighted by atomic mass is 9.92. The lowest BCUT2D eigenvalue weighted by Gasteiger charge is -2.17. The van der Waals surface area contributed by atoms with E-state index in [0.717, 1.165) is 22.7 Å². The molecule has 0 aliphatic heterocycles. The van der Waals surface area contributed by atoms with Crippen LogP contribution in [0.25, 0.3) is 5.69 Å². The molecule has 2 amide bonds. The van der Waals surface area contributed by atoms with Gasteiger partial charge in [0.05, 0.1) is 31.6 Å². The third-order valence-electron chi connectivity index (χ3n) is 5.21. The van der Waals surface area contributed by atoms with E-state index in [9.17, 15) is 9.59 Å². The number of benzene rings is 2. The number of aromatic nitrogens is 2. The van der Waals surface area contributed by atoms with Crippen LogP contribution in [0.2, 0.25) is 0 Å². The highest BCUT2D eigenvalue weighted by atomic mass is 16.5. The second-order valence-corrected chi connectivity index (χ2v) is 9.05. The van der Waals surface area contributed by atoms with Crippen LogP contribution in [0.1, 0.15) is 32.0 Å². The van der Waals surface area contributed by atoms with Crippen LogP contribution in [0.3, 0.4) is 0 Å². The van der Waals surface area contributed by atoms with Gasteiger partial charge in [0.15, 0.2) is 0 Å². The van der Waals surface area contributed by atoms with Gasteiger partial charge >= 0.3 is 0 Å². The van der Waals surface area contributed by atoms with Crippen LogP contribution in [0.15, 0.2) is 60.7 Å². The number of nitrogens with one attached hydrogen (secondary N) is 1. The fourth-order valence-electron chi connectivity index (χ4n) is 3.18. The van der Waals surface area contributed by atoms with Gasteiger partial charge in [0.25, 0.3) is 0 Å². The smallest absolute Gasteiger partial charge is 0.248 e. The van der Waals surface area contributed by atoms with Crippen molar-refractivity contribution < 1.29 is 19.1 Å². The van der Waals surface area contributed by atoms with Gasteiger partial charge in [-0.25, -0.2) is 4.68 Å². The average molecular weight is 465 g/mol. The quantitative estimate of drug-likeness (QED) is 0.521. The first-order valence-electron chi connectivity index (χ1n) is 11.1. The van der Waals surface area contributed by atoms with Crippen LogP contribution >= 0.6 is 0 Å². The third-order valence-corrected chi connectivity index (χ3v) is 5.21. The highest BCUT2D eigenvalue weighted by Gasteiger charge is 2.22. The number of hydrogen-bond donors (Lipinski definition) is 1. The van der Waals surface area contributed by atoms with Crippen LogP contribution in [-0.2, 0) is 26.3 Å². The molecule has 8 heteroatoms. The number of amides is 2. The van der Waals surface area contributed by atoms with Crippen LogP contribution in [-0.4, -0.2) is 53.8 Å². The molecule has 0 aliphatic rings. The minimum Gasteiger partial charge on any atom is -0.497 e. The molecule has 0 saturated carbocycles. The molecule has 8 nitrogen and oxygen atoms in total. The number of likely N-dealkylation sites (N-methyl/N-ethyl adjacent to an activating group) is 1. The van der Waals surface area contributed by atoms with E-state index < -0.39 is 0 Å². The Kier molecular flexibility index (Phi) is 8.07. The second kappa shape index (κ2) is 11.0. The maximum absolute atomic E-state index is 12.8. The first kappa shape index (κ1) is 25.0. The molecule has 0 fully saturated rings. The molecule has 1 N–H and O–H groups in total. The van der Waals surface area contributed by atoms with Crippen molar-refractivity contribution in [2.24, 2.45) is 0 Å². The molecule has 0 unspecified atom stereocenters. The summed E-state index contributed by atoms with van der Waals surface area (Å²) in [5.41, 5.74) is 2.39. The van der Waals surface area contributed by atoms with E-state index in [-0.39, 0.29) is 30.4 Å². The Morgan fingerprint density at radius 2 is 1.74 bits per heavy atom. The van der Waals surface area contributed by atoms with Crippen molar-refractivity contribution in [1.82, 2.24) is 14.7 Å². The summed E-state index contributed by atoms with van der Waals surface area (Å²) in [6, 6.07) is 18.9. The van der Waals surface area contributed by atoms with Crippen molar-refractivity contribution in [1.29, 1.82) is 0 Å². The molecule has 34 heavy (non-hydrogen) atoms. The number of rotatable bonds is 9. The molecule has 0 radical (unpaired) electrons. The molecule has 2 aromatic carbocycles. The van der Waals surface area contributed by atoms with Crippen LogP contribution in [0.5, 0.6) is 5.75 Å².